The van der Waals surface area contributed by atoms with Crippen LogP contribution in [-0.2, 0) is 19.0 Å². The average molecular weight is 417 g/mol. The van der Waals surface area contributed by atoms with Crippen molar-refractivity contribution in [1.82, 2.24) is 0 Å². The van der Waals surface area contributed by atoms with Crippen LogP contribution in [0, 0.1) is 34.5 Å². The fraction of sp³-hybridized carbons (Fsp3) is 0.885. The molecule has 30 heavy (non-hydrogen) atoms. The van der Waals surface area contributed by atoms with Gasteiger partial charge in [-0.1, -0.05) is 25.5 Å². The molecule has 1 saturated heterocycles. The Bertz CT molecular complexity index is 756. The van der Waals surface area contributed by atoms with E-state index < -0.39 is 5.79 Å². The van der Waals surface area contributed by atoms with Crippen molar-refractivity contribution in [2.24, 2.45) is 34.5 Å². The van der Waals surface area contributed by atoms with E-state index >= 15 is 0 Å². The number of fused-ring (bicyclic) bond motifs is 8. The van der Waals surface area contributed by atoms with Gasteiger partial charge in [-0.05, 0) is 100 Å². The van der Waals surface area contributed by atoms with Crippen molar-refractivity contribution in [2.75, 3.05) is 0 Å². The van der Waals surface area contributed by atoms with E-state index in [4.69, 9.17) is 14.2 Å². The quantitative estimate of drug-likeness (QED) is 0.409. The molecule has 0 unspecified atom stereocenters. The molecular weight excluding hydrogens is 376 g/mol. The highest BCUT2D eigenvalue weighted by Crippen LogP contribution is 2.69. The monoisotopic (exact) mass is 416 g/mol. The maximum Gasteiger partial charge on any atom is 0.302 e. The average Bonchev–Trinajstić information content (AvgIpc) is 3.17. The topological polar surface area (TPSA) is 44.8 Å². The zero-order valence-electron chi connectivity index (χ0n) is 19.7. The van der Waals surface area contributed by atoms with Gasteiger partial charge >= 0.3 is 5.97 Å². The number of ether oxygens (including phenoxy) is 3. The van der Waals surface area contributed by atoms with Crippen molar-refractivity contribution in [3.8, 4) is 0 Å². The molecule has 0 aromatic rings. The molecule has 4 aliphatic carbocycles. The number of esters is 1. The molecule has 0 N–H and O–H groups in total. The molecule has 9 atom stereocenters. The van der Waals surface area contributed by atoms with Crippen LogP contribution in [0.15, 0.2) is 11.6 Å². The van der Waals surface area contributed by atoms with Crippen LogP contribution in [0.1, 0.15) is 86.5 Å². The van der Waals surface area contributed by atoms with Gasteiger partial charge < -0.3 is 14.2 Å². The van der Waals surface area contributed by atoms with E-state index in [0.717, 1.165) is 19.3 Å². The fourth-order valence-electron chi connectivity index (χ4n) is 8.81. The zero-order valence-corrected chi connectivity index (χ0v) is 19.7. The lowest BCUT2D eigenvalue weighted by Gasteiger charge is -2.63. The first kappa shape index (κ1) is 21.0. The molecule has 0 aromatic carbocycles. The fourth-order valence-corrected chi connectivity index (χ4v) is 8.81. The van der Waals surface area contributed by atoms with Gasteiger partial charge in [-0.3, -0.25) is 4.79 Å². The lowest BCUT2D eigenvalue weighted by atomic mass is 9.43. The minimum Gasteiger partial charge on any atom is -0.463 e. The molecule has 4 saturated carbocycles. The first-order valence-corrected chi connectivity index (χ1v) is 12.3. The van der Waals surface area contributed by atoms with Gasteiger partial charge in [0.1, 0.15) is 6.10 Å². The molecule has 5 fully saturated rings. The summed E-state index contributed by atoms with van der Waals surface area (Å²) in [5, 5.41) is 0. The number of hydrogen-bond acceptors (Lipinski definition) is 4. The van der Waals surface area contributed by atoms with Crippen LogP contribution < -0.4 is 0 Å². The summed E-state index contributed by atoms with van der Waals surface area (Å²) in [6.45, 7) is 13.0. The Morgan fingerprint density at radius 3 is 2.43 bits per heavy atom. The summed E-state index contributed by atoms with van der Waals surface area (Å²) in [5.41, 5.74) is 2.24. The Labute approximate surface area is 182 Å². The third-order valence-electron chi connectivity index (χ3n) is 10.0. The molecule has 5 rings (SSSR count). The molecule has 1 aliphatic heterocycles. The standard InChI is InChI=1S/C26H40O4/c1-7-16-8-9-18-21-19(11-13-25(16,18)5)26(6)12-10-17(28-15(2)27)14-20(26)22-23(21)30-24(3,4)29-22/h7,17-23H,8-14H2,1-6H3/b16-7+/t17-,18+,19+,20-,21+,22-,23-,25-,26-/m1/s1. The van der Waals surface area contributed by atoms with E-state index in [-0.39, 0.29) is 29.7 Å². The van der Waals surface area contributed by atoms with Gasteiger partial charge in [0.2, 0.25) is 0 Å². The molecular formula is C26H40O4. The largest absolute Gasteiger partial charge is 0.463 e. The Morgan fingerprint density at radius 2 is 1.73 bits per heavy atom. The number of allylic oxidation sites excluding steroid dienone is 2. The van der Waals surface area contributed by atoms with Crippen molar-refractivity contribution in [3.05, 3.63) is 11.6 Å². The first-order chi connectivity index (χ1) is 14.1. The summed E-state index contributed by atoms with van der Waals surface area (Å²) in [4.78, 5) is 11.6. The molecule has 0 radical (unpaired) electrons. The van der Waals surface area contributed by atoms with Crippen LogP contribution in [0.25, 0.3) is 0 Å². The van der Waals surface area contributed by atoms with Gasteiger partial charge in [0.15, 0.2) is 5.79 Å². The van der Waals surface area contributed by atoms with Gasteiger partial charge in [-0.15, -0.1) is 0 Å². The smallest absolute Gasteiger partial charge is 0.302 e. The van der Waals surface area contributed by atoms with Crippen LogP contribution in [0.2, 0.25) is 0 Å². The van der Waals surface area contributed by atoms with Gasteiger partial charge in [0, 0.05) is 6.92 Å². The molecule has 4 heteroatoms. The maximum atomic E-state index is 11.6. The van der Waals surface area contributed by atoms with Crippen LogP contribution in [0.4, 0.5) is 0 Å². The molecule has 0 spiro atoms. The predicted molar refractivity (Wildman–Crippen MR) is 116 cm³/mol. The Kier molecular flexibility index (Phi) is 4.77. The van der Waals surface area contributed by atoms with Gasteiger partial charge in [-0.2, -0.15) is 0 Å². The Morgan fingerprint density at radius 1 is 1.00 bits per heavy atom. The van der Waals surface area contributed by atoms with Crippen molar-refractivity contribution in [3.63, 3.8) is 0 Å². The van der Waals surface area contributed by atoms with E-state index in [1.165, 1.54) is 32.6 Å². The molecule has 168 valence electrons. The highest BCUT2D eigenvalue weighted by Gasteiger charge is 2.68. The SMILES string of the molecule is C/C=C1\CC[C@H]2[C@@H]3[C@H]4OC(C)(C)O[C@@H]4[C@H]4C[C@H](OC(C)=O)CC[C@]4(C)[C@H]3CC[C@]12C. The number of hydrogen-bond donors (Lipinski definition) is 0. The summed E-state index contributed by atoms with van der Waals surface area (Å²) in [6, 6.07) is 0. The van der Waals surface area contributed by atoms with E-state index in [9.17, 15) is 4.79 Å². The summed E-state index contributed by atoms with van der Waals surface area (Å²) >= 11 is 0. The second kappa shape index (κ2) is 6.81. The third kappa shape index (κ3) is 2.88. The van der Waals surface area contributed by atoms with E-state index in [1.807, 2.05) is 0 Å². The second-order valence-corrected chi connectivity index (χ2v) is 11.8. The first-order valence-electron chi connectivity index (χ1n) is 12.3. The molecule has 5 aliphatic rings. The summed E-state index contributed by atoms with van der Waals surface area (Å²) < 4.78 is 19.0. The lowest BCUT2D eigenvalue weighted by Crippen LogP contribution is -2.63. The number of carbonyl (C=O) groups is 1. The Hall–Kier alpha value is -0.870. The molecule has 4 nitrogen and oxygen atoms in total. The molecule has 0 bridgehead atoms. The van der Waals surface area contributed by atoms with E-state index in [2.05, 4.69) is 40.7 Å². The zero-order chi connectivity index (χ0) is 21.5. The van der Waals surface area contributed by atoms with Crippen molar-refractivity contribution >= 4 is 5.97 Å². The van der Waals surface area contributed by atoms with Gasteiger partial charge in [0.05, 0.1) is 12.2 Å². The van der Waals surface area contributed by atoms with Gasteiger partial charge in [-0.25, -0.2) is 0 Å². The molecule has 0 amide bonds. The molecule has 0 aromatic heterocycles. The highest BCUT2D eigenvalue weighted by molar-refractivity contribution is 5.66. The summed E-state index contributed by atoms with van der Waals surface area (Å²) in [5.74, 6) is 1.64. The third-order valence-corrected chi connectivity index (χ3v) is 10.0. The molecule has 1 heterocycles. The maximum absolute atomic E-state index is 11.6. The predicted octanol–water partition coefficient (Wildman–Crippen LogP) is 5.65. The Balaban J connectivity index is 1.53. The highest BCUT2D eigenvalue weighted by atomic mass is 16.8. The van der Waals surface area contributed by atoms with Gasteiger partial charge in [0.25, 0.3) is 0 Å². The van der Waals surface area contributed by atoms with Crippen molar-refractivity contribution in [1.29, 1.82) is 0 Å². The summed E-state index contributed by atoms with van der Waals surface area (Å²) in [6.07, 6.45) is 10.9. The van der Waals surface area contributed by atoms with Crippen molar-refractivity contribution in [2.45, 2.75) is 111 Å². The normalized spacial score (nSPS) is 52.9. The van der Waals surface area contributed by atoms with Crippen LogP contribution in [-0.4, -0.2) is 30.1 Å². The second-order valence-electron chi connectivity index (χ2n) is 11.8. The minimum absolute atomic E-state index is 0.0278. The number of carbonyl (C=O) groups excluding carboxylic acids is 1. The van der Waals surface area contributed by atoms with E-state index in [1.54, 1.807) is 5.57 Å². The lowest BCUT2D eigenvalue weighted by molar-refractivity contribution is -0.190. The minimum atomic E-state index is -0.532. The van der Waals surface area contributed by atoms with E-state index in [0.29, 0.717) is 29.1 Å². The summed E-state index contributed by atoms with van der Waals surface area (Å²) in [7, 11) is 0. The van der Waals surface area contributed by atoms with Crippen molar-refractivity contribution < 1.29 is 19.0 Å². The van der Waals surface area contributed by atoms with Crippen LogP contribution >= 0.6 is 0 Å². The number of rotatable bonds is 1. The van der Waals surface area contributed by atoms with Crippen LogP contribution in [0.5, 0.6) is 0 Å². The van der Waals surface area contributed by atoms with Crippen LogP contribution in [0.3, 0.4) is 0 Å².